The van der Waals surface area contributed by atoms with Crippen molar-refractivity contribution in [3.05, 3.63) is 22.1 Å². The predicted molar refractivity (Wildman–Crippen MR) is 61.3 cm³/mol. The quantitative estimate of drug-likeness (QED) is 0.870. The first kappa shape index (κ1) is 11.2. The third kappa shape index (κ3) is 3.89. The first-order chi connectivity index (χ1) is 6.58. The van der Waals surface area contributed by atoms with Crippen molar-refractivity contribution >= 4 is 38.3 Å². The maximum absolute atomic E-state index is 11.3. The van der Waals surface area contributed by atoms with Crippen molar-refractivity contribution in [2.24, 2.45) is 0 Å². The van der Waals surface area contributed by atoms with E-state index in [4.69, 9.17) is 5.73 Å². The summed E-state index contributed by atoms with van der Waals surface area (Å²) < 4.78 is 0.739. The zero-order chi connectivity index (χ0) is 10.6. The summed E-state index contributed by atoms with van der Waals surface area (Å²) in [5, 5.41) is 4.94. The van der Waals surface area contributed by atoms with Crippen LogP contribution in [-0.4, -0.2) is 17.4 Å². The summed E-state index contributed by atoms with van der Waals surface area (Å²) in [6, 6.07) is 0. The average molecular weight is 276 g/mol. The van der Waals surface area contributed by atoms with Gasteiger partial charge in [-0.25, -0.2) is 4.98 Å². The molecule has 0 unspecified atom stereocenters. The number of nitrogen functional groups attached to an aromatic ring is 1. The summed E-state index contributed by atoms with van der Waals surface area (Å²) in [7, 11) is 0. The second-order valence-corrected chi connectivity index (χ2v) is 4.66. The molecule has 0 fully saturated rings. The molecule has 1 aromatic heterocycles. The normalized spacial score (nSPS) is 9.79. The number of thiazole rings is 1. The van der Waals surface area contributed by atoms with E-state index >= 15 is 0 Å². The molecule has 1 aromatic rings. The van der Waals surface area contributed by atoms with Crippen LogP contribution < -0.4 is 11.1 Å². The van der Waals surface area contributed by atoms with E-state index in [2.05, 4.69) is 32.8 Å². The van der Waals surface area contributed by atoms with E-state index in [9.17, 15) is 4.79 Å². The van der Waals surface area contributed by atoms with Crippen molar-refractivity contribution in [3.63, 3.8) is 0 Å². The minimum Gasteiger partial charge on any atom is -0.375 e. The molecule has 0 aromatic carbocycles. The Morgan fingerprint density at radius 1 is 1.79 bits per heavy atom. The molecule has 0 aliphatic rings. The summed E-state index contributed by atoms with van der Waals surface area (Å²) in [5.41, 5.74) is 6.13. The van der Waals surface area contributed by atoms with E-state index in [1.165, 1.54) is 11.3 Å². The number of carbonyl (C=O) groups is 1. The summed E-state index contributed by atoms with van der Waals surface area (Å²) in [6.45, 7) is 4.04. The third-order valence-corrected chi connectivity index (χ3v) is 2.39. The Hall–Kier alpha value is -0.880. The lowest BCUT2D eigenvalue weighted by Crippen LogP contribution is -2.26. The Morgan fingerprint density at radius 3 is 3.00 bits per heavy atom. The fourth-order valence-corrected chi connectivity index (χ4v) is 1.53. The maximum Gasteiger partial charge on any atom is 0.226 e. The molecule has 1 heterocycles. The number of anilines is 1. The monoisotopic (exact) mass is 275 g/mol. The average Bonchev–Trinajstić information content (AvgIpc) is 2.48. The van der Waals surface area contributed by atoms with E-state index < -0.39 is 0 Å². The summed E-state index contributed by atoms with van der Waals surface area (Å²) in [5.74, 6) is -0.0871. The van der Waals surface area contributed by atoms with Gasteiger partial charge in [0, 0.05) is 16.4 Å². The highest BCUT2D eigenvalue weighted by Crippen LogP contribution is 2.11. The molecule has 0 aliphatic carbocycles. The SMILES string of the molecule is C=C(Br)CNC(=O)Cc1csc(N)n1. The predicted octanol–water partition coefficient (Wildman–Crippen LogP) is 1.29. The van der Waals surface area contributed by atoms with Crippen molar-refractivity contribution in [2.75, 3.05) is 12.3 Å². The van der Waals surface area contributed by atoms with Gasteiger partial charge in [0.05, 0.1) is 12.1 Å². The van der Waals surface area contributed by atoms with E-state index in [1.807, 2.05) is 0 Å². The number of nitrogens with zero attached hydrogens (tertiary/aromatic N) is 1. The Bertz CT molecular complexity index is 350. The van der Waals surface area contributed by atoms with Gasteiger partial charge in [0.15, 0.2) is 5.13 Å². The number of rotatable bonds is 4. The molecule has 0 bridgehead atoms. The number of nitrogens with one attached hydrogen (secondary N) is 1. The lowest BCUT2D eigenvalue weighted by Gasteiger charge is -2.01. The smallest absolute Gasteiger partial charge is 0.226 e. The van der Waals surface area contributed by atoms with Crippen molar-refractivity contribution in [1.29, 1.82) is 0 Å². The largest absolute Gasteiger partial charge is 0.375 e. The molecule has 1 amide bonds. The Morgan fingerprint density at radius 2 is 2.50 bits per heavy atom. The minimum absolute atomic E-state index is 0.0871. The van der Waals surface area contributed by atoms with Crippen LogP contribution in [0.15, 0.2) is 16.4 Å². The lowest BCUT2D eigenvalue weighted by atomic mass is 10.3. The van der Waals surface area contributed by atoms with Crippen molar-refractivity contribution in [3.8, 4) is 0 Å². The number of aromatic nitrogens is 1. The Labute approximate surface area is 94.3 Å². The fraction of sp³-hybridized carbons (Fsp3) is 0.250. The topological polar surface area (TPSA) is 68.0 Å². The van der Waals surface area contributed by atoms with Crippen LogP contribution in [-0.2, 0) is 11.2 Å². The van der Waals surface area contributed by atoms with Gasteiger partial charge in [-0.05, 0) is 0 Å². The van der Waals surface area contributed by atoms with E-state index in [0.717, 1.165) is 4.48 Å². The highest BCUT2D eigenvalue weighted by atomic mass is 79.9. The van der Waals surface area contributed by atoms with Crippen LogP contribution >= 0.6 is 27.3 Å². The van der Waals surface area contributed by atoms with Gasteiger partial charge >= 0.3 is 0 Å². The number of halogens is 1. The van der Waals surface area contributed by atoms with Gasteiger partial charge in [0.1, 0.15) is 0 Å². The number of hydrogen-bond donors (Lipinski definition) is 2. The molecular formula is C8H10BrN3OS. The van der Waals surface area contributed by atoms with Gasteiger partial charge in [0.2, 0.25) is 5.91 Å². The molecule has 0 radical (unpaired) electrons. The first-order valence-electron chi connectivity index (χ1n) is 3.88. The van der Waals surface area contributed by atoms with Crippen LogP contribution in [0.4, 0.5) is 5.13 Å². The zero-order valence-corrected chi connectivity index (χ0v) is 9.82. The number of nitrogens with two attached hydrogens (primary N) is 1. The minimum atomic E-state index is -0.0871. The van der Waals surface area contributed by atoms with Gasteiger partial charge in [-0.15, -0.1) is 11.3 Å². The van der Waals surface area contributed by atoms with Crippen LogP contribution in [0.1, 0.15) is 5.69 Å². The van der Waals surface area contributed by atoms with E-state index in [-0.39, 0.29) is 12.3 Å². The van der Waals surface area contributed by atoms with Crippen LogP contribution in [0.3, 0.4) is 0 Å². The molecule has 4 nitrogen and oxygen atoms in total. The van der Waals surface area contributed by atoms with Gasteiger partial charge in [-0.2, -0.15) is 0 Å². The summed E-state index contributed by atoms with van der Waals surface area (Å²) in [4.78, 5) is 15.3. The second kappa shape index (κ2) is 5.11. The van der Waals surface area contributed by atoms with Crippen LogP contribution in [0.25, 0.3) is 0 Å². The Balaban J connectivity index is 2.37. The summed E-state index contributed by atoms with van der Waals surface area (Å²) >= 11 is 4.48. The zero-order valence-electron chi connectivity index (χ0n) is 7.42. The first-order valence-corrected chi connectivity index (χ1v) is 5.55. The molecule has 3 N–H and O–H groups in total. The highest BCUT2D eigenvalue weighted by molar-refractivity contribution is 9.11. The molecule has 0 saturated carbocycles. The van der Waals surface area contributed by atoms with Crippen LogP contribution in [0, 0.1) is 0 Å². The molecule has 0 atom stereocenters. The number of amides is 1. The van der Waals surface area contributed by atoms with Gasteiger partial charge in [-0.1, -0.05) is 22.5 Å². The molecule has 1 rings (SSSR count). The third-order valence-electron chi connectivity index (χ3n) is 1.39. The molecule has 6 heteroatoms. The molecular weight excluding hydrogens is 266 g/mol. The van der Waals surface area contributed by atoms with E-state index in [0.29, 0.717) is 17.4 Å². The second-order valence-electron chi connectivity index (χ2n) is 2.65. The van der Waals surface area contributed by atoms with E-state index in [1.54, 1.807) is 5.38 Å². The van der Waals surface area contributed by atoms with Crippen molar-refractivity contribution in [1.82, 2.24) is 10.3 Å². The number of carbonyl (C=O) groups excluding carboxylic acids is 1. The van der Waals surface area contributed by atoms with Gasteiger partial charge < -0.3 is 11.1 Å². The van der Waals surface area contributed by atoms with Crippen LogP contribution in [0.5, 0.6) is 0 Å². The maximum atomic E-state index is 11.3. The molecule has 0 spiro atoms. The molecule has 0 aliphatic heterocycles. The van der Waals surface area contributed by atoms with Crippen molar-refractivity contribution < 1.29 is 4.79 Å². The molecule has 0 saturated heterocycles. The standard InChI is InChI=1S/C8H10BrN3OS/c1-5(9)3-11-7(13)2-6-4-14-8(10)12-6/h4H,1-3H2,(H2,10,12)(H,11,13). The Kier molecular flexibility index (Phi) is 4.09. The van der Waals surface area contributed by atoms with Gasteiger partial charge in [-0.3, -0.25) is 4.79 Å². The van der Waals surface area contributed by atoms with Crippen molar-refractivity contribution in [2.45, 2.75) is 6.42 Å². The van der Waals surface area contributed by atoms with Crippen LogP contribution in [0.2, 0.25) is 0 Å². The lowest BCUT2D eigenvalue weighted by molar-refractivity contribution is -0.120. The molecule has 14 heavy (non-hydrogen) atoms. The summed E-state index contributed by atoms with van der Waals surface area (Å²) in [6.07, 6.45) is 0.258. The molecule has 76 valence electrons. The van der Waals surface area contributed by atoms with Gasteiger partial charge in [0.25, 0.3) is 0 Å². The highest BCUT2D eigenvalue weighted by Gasteiger charge is 2.05. The number of hydrogen-bond acceptors (Lipinski definition) is 4. The fourth-order valence-electron chi connectivity index (χ4n) is 0.825.